The molecule has 1 saturated heterocycles. The molecule has 1 N–H and O–H groups in total. The molecule has 4 heteroatoms. The Kier molecular flexibility index (Phi) is 2.59. The zero-order valence-electron chi connectivity index (χ0n) is 7.92. The van der Waals surface area contributed by atoms with E-state index < -0.39 is 0 Å². The summed E-state index contributed by atoms with van der Waals surface area (Å²) in [6, 6.07) is 0.306. The third-order valence-corrected chi connectivity index (χ3v) is 2.42. The normalized spacial score (nSPS) is 24.2. The van der Waals surface area contributed by atoms with Gasteiger partial charge in [-0.15, -0.1) is 0 Å². The Morgan fingerprint density at radius 3 is 3.08 bits per heavy atom. The summed E-state index contributed by atoms with van der Waals surface area (Å²) in [5.41, 5.74) is 0. The van der Waals surface area contributed by atoms with Gasteiger partial charge in [0.15, 0.2) is 5.82 Å². The predicted molar refractivity (Wildman–Crippen MR) is 48.2 cm³/mol. The molecule has 0 radical (unpaired) electrons. The minimum Gasteiger partial charge on any atom is -0.340 e. The Bertz CT molecular complexity index is 264. The first kappa shape index (κ1) is 8.69. The molecule has 0 spiro atoms. The third kappa shape index (κ3) is 2.06. The van der Waals surface area contributed by atoms with Crippen LogP contribution in [0.15, 0.2) is 4.52 Å². The van der Waals surface area contributed by atoms with Gasteiger partial charge < -0.3 is 9.84 Å². The van der Waals surface area contributed by atoms with Crippen molar-refractivity contribution in [2.24, 2.45) is 0 Å². The lowest BCUT2D eigenvalue weighted by atomic mass is 10.1. The van der Waals surface area contributed by atoms with Crippen LogP contribution in [0.4, 0.5) is 0 Å². The summed E-state index contributed by atoms with van der Waals surface area (Å²) in [4.78, 5) is 4.24. The fourth-order valence-electron chi connectivity index (χ4n) is 1.71. The summed E-state index contributed by atoms with van der Waals surface area (Å²) in [5, 5.41) is 7.36. The Labute approximate surface area is 77.7 Å². The second-order valence-corrected chi connectivity index (χ2v) is 3.53. The Morgan fingerprint density at radius 1 is 1.38 bits per heavy atom. The van der Waals surface area contributed by atoms with E-state index in [9.17, 15) is 0 Å². The maximum absolute atomic E-state index is 4.96. The molecule has 0 aliphatic carbocycles. The zero-order valence-corrected chi connectivity index (χ0v) is 7.92. The highest BCUT2D eigenvalue weighted by Gasteiger charge is 2.17. The number of nitrogens with one attached hydrogen (secondary N) is 1. The molecule has 13 heavy (non-hydrogen) atoms. The molecule has 1 aromatic heterocycles. The molecule has 0 unspecified atom stereocenters. The first-order valence-electron chi connectivity index (χ1n) is 4.90. The van der Waals surface area contributed by atoms with Gasteiger partial charge in [-0.2, -0.15) is 4.98 Å². The minimum absolute atomic E-state index is 0.306. The van der Waals surface area contributed by atoms with Crippen molar-refractivity contribution in [2.45, 2.75) is 38.6 Å². The highest BCUT2D eigenvalue weighted by molar-refractivity contribution is 4.93. The van der Waals surface area contributed by atoms with Crippen LogP contribution in [0.25, 0.3) is 0 Å². The highest BCUT2D eigenvalue weighted by Crippen LogP contribution is 2.19. The van der Waals surface area contributed by atoms with Crippen LogP contribution in [0.3, 0.4) is 0 Å². The Hall–Kier alpha value is -0.900. The second-order valence-electron chi connectivity index (χ2n) is 3.53. The molecule has 0 saturated carbocycles. The summed E-state index contributed by atoms with van der Waals surface area (Å²) >= 11 is 0. The Balaban J connectivity index is 2.06. The van der Waals surface area contributed by atoms with E-state index in [4.69, 9.17) is 4.52 Å². The second kappa shape index (κ2) is 3.87. The molecule has 0 aromatic carbocycles. The number of rotatable bonds is 1. The van der Waals surface area contributed by atoms with Crippen molar-refractivity contribution in [3.8, 4) is 0 Å². The first-order chi connectivity index (χ1) is 6.36. The van der Waals surface area contributed by atoms with E-state index in [-0.39, 0.29) is 0 Å². The predicted octanol–water partition coefficient (Wildman–Crippen LogP) is 1.58. The van der Waals surface area contributed by atoms with Gasteiger partial charge in [-0.1, -0.05) is 18.0 Å². The molecule has 2 heterocycles. The standard InChI is InChI=1S/C9H15N3O/c1-7-11-9(12-13-7)8-5-3-2-4-6-10-8/h8,10H,2-6H2,1H3/t8-/m1/s1. The van der Waals surface area contributed by atoms with Crippen LogP contribution in [0, 0.1) is 6.92 Å². The quantitative estimate of drug-likeness (QED) is 0.714. The summed E-state index contributed by atoms with van der Waals surface area (Å²) in [6.45, 7) is 2.89. The number of hydrogen-bond acceptors (Lipinski definition) is 4. The van der Waals surface area contributed by atoms with Crippen molar-refractivity contribution < 1.29 is 4.52 Å². The molecule has 4 nitrogen and oxygen atoms in total. The van der Waals surface area contributed by atoms with Gasteiger partial charge in [0.1, 0.15) is 0 Å². The van der Waals surface area contributed by atoms with E-state index in [1.807, 2.05) is 6.92 Å². The van der Waals surface area contributed by atoms with Crippen molar-refractivity contribution in [1.29, 1.82) is 0 Å². The largest absolute Gasteiger partial charge is 0.340 e. The molecule has 1 aromatic rings. The maximum atomic E-state index is 4.96. The average Bonchev–Trinajstić information content (AvgIpc) is 2.43. The number of hydrogen-bond donors (Lipinski definition) is 1. The lowest BCUT2D eigenvalue weighted by Gasteiger charge is -2.09. The van der Waals surface area contributed by atoms with Crippen LogP contribution in [0.5, 0.6) is 0 Å². The van der Waals surface area contributed by atoms with Gasteiger partial charge in [0.2, 0.25) is 5.89 Å². The molecule has 1 aliphatic rings. The van der Waals surface area contributed by atoms with Gasteiger partial charge in [-0.05, 0) is 19.4 Å². The van der Waals surface area contributed by atoms with E-state index in [0.29, 0.717) is 11.9 Å². The molecule has 0 bridgehead atoms. The van der Waals surface area contributed by atoms with Crippen LogP contribution in [0.2, 0.25) is 0 Å². The van der Waals surface area contributed by atoms with E-state index in [1.54, 1.807) is 0 Å². The van der Waals surface area contributed by atoms with Crippen LogP contribution in [0.1, 0.15) is 43.4 Å². The van der Waals surface area contributed by atoms with Crippen molar-refractivity contribution in [1.82, 2.24) is 15.5 Å². The number of aryl methyl sites for hydroxylation is 1. The van der Waals surface area contributed by atoms with E-state index in [1.165, 1.54) is 19.3 Å². The van der Waals surface area contributed by atoms with Crippen molar-refractivity contribution in [2.75, 3.05) is 6.54 Å². The van der Waals surface area contributed by atoms with E-state index >= 15 is 0 Å². The fourth-order valence-corrected chi connectivity index (χ4v) is 1.71. The number of aromatic nitrogens is 2. The average molecular weight is 181 g/mol. The van der Waals surface area contributed by atoms with Crippen LogP contribution >= 0.6 is 0 Å². The lowest BCUT2D eigenvalue weighted by Crippen LogP contribution is -2.21. The molecule has 1 atom stereocenters. The smallest absolute Gasteiger partial charge is 0.223 e. The summed E-state index contributed by atoms with van der Waals surface area (Å²) in [5.74, 6) is 1.47. The lowest BCUT2D eigenvalue weighted by molar-refractivity contribution is 0.375. The van der Waals surface area contributed by atoms with Gasteiger partial charge in [-0.3, -0.25) is 0 Å². The van der Waals surface area contributed by atoms with Gasteiger partial charge >= 0.3 is 0 Å². The van der Waals surface area contributed by atoms with Gasteiger partial charge in [-0.25, -0.2) is 0 Å². The molecular weight excluding hydrogens is 166 g/mol. The van der Waals surface area contributed by atoms with Crippen LogP contribution in [-0.2, 0) is 0 Å². The number of nitrogens with zero attached hydrogens (tertiary/aromatic N) is 2. The Morgan fingerprint density at radius 2 is 2.31 bits per heavy atom. The molecule has 2 rings (SSSR count). The third-order valence-electron chi connectivity index (χ3n) is 2.42. The van der Waals surface area contributed by atoms with Crippen molar-refractivity contribution >= 4 is 0 Å². The summed E-state index contributed by atoms with van der Waals surface area (Å²) in [6.07, 6.45) is 4.94. The molecule has 72 valence electrons. The molecular formula is C9H15N3O. The van der Waals surface area contributed by atoms with Crippen molar-refractivity contribution in [3.63, 3.8) is 0 Å². The van der Waals surface area contributed by atoms with E-state index in [2.05, 4.69) is 15.5 Å². The maximum Gasteiger partial charge on any atom is 0.223 e. The molecule has 0 amide bonds. The monoisotopic (exact) mass is 181 g/mol. The van der Waals surface area contributed by atoms with Crippen molar-refractivity contribution in [3.05, 3.63) is 11.7 Å². The molecule has 1 fully saturated rings. The first-order valence-corrected chi connectivity index (χ1v) is 4.90. The highest BCUT2D eigenvalue weighted by atomic mass is 16.5. The fraction of sp³-hybridized carbons (Fsp3) is 0.778. The van der Waals surface area contributed by atoms with Gasteiger partial charge in [0.05, 0.1) is 6.04 Å². The topological polar surface area (TPSA) is 51.0 Å². The summed E-state index contributed by atoms with van der Waals surface area (Å²) in [7, 11) is 0. The van der Waals surface area contributed by atoms with E-state index in [0.717, 1.165) is 18.8 Å². The van der Waals surface area contributed by atoms with Crippen LogP contribution in [-0.4, -0.2) is 16.7 Å². The van der Waals surface area contributed by atoms with Gasteiger partial charge in [0.25, 0.3) is 0 Å². The SMILES string of the molecule is Cc1nc([C@H]2CCCCCN2)no1. The molecule has 1 aliphatic heterocycles. The van der Waals surface area contributed by atoms with Crippen LogP contribution < -0.4 is 5.32 Å². The summed E-state index contributed by atoms with van der Waals surface area (Å²) < 4.78 is 4.96. The zero-order chi connectivity index (χ0) is 9.10. The van der Waals surface area contributed by atoms with Gasteiger partial charge in [0, 0.05) is 6.92 Å². The minimum atomic E-state index is 0.306.